The van der Waals surface area contributed by atoms with Crippen molar-refractivity contribution >= 4 is 17.0 Å². The fraction of sp³-hybridized carbons (Fsp3) is 0.400. The number of hydrogen-bond donors (Lipinski definition) is 0. The molecule has 0 saturated heterocycles. The minimum absolute atomic E-state index is 0.321. The van der Waals surface area contributed by atoms with Gasteiger partial charge in [-0.2, -0.15) is 0 Å². The Morgan fingerprint density at radius 2 is 1.83 bits per heavy atom. The molecule has 0 radical (unpaired) electrons. The molecule has 0 aliphatic rings. The third-order valence-corrected chi connectivity index (χ3v) is 2.72. The Labute approximate surface area is 107 Å². The van der Waals surface area contributed by atoms with Gasteiger partial charge in [-0.25, -0.2) is 9.36 Å². The van der Waals surface area contributed by atoms with E-state index in [1.165, 1.54) is 5.56 Å². The third kappa shape index (κ3) is 2.40. The molecule has 0 spiro atoms. The Morgan fingerprint density at radius 3 is 2.44 bits per heavy atom. The number of nitrogens with zero attached hydrogens (tertiary/aromatic N) is 1. The van der Waals surface area contributed by atoms with E-state index >= 15 is 0 Å². The van der Waals surface area contributed by atoms with Gasteiger partial charge in [0.15, 0.2) is 0 Å². The van der Waals surface area contributed by atoms with Crippen molar-refractivity contribution in [1.29, 1.82) is 0 Å². The van der Waals surface area contributed by atoms with Crippen molar-refractivity contribution in [2.24, 2.45) is 0 Å². The number of hydrogen-bond acceptors (Lipinski definition) is 2. The number of fused-ring (bicyclic) bond motifs is 1. The first-order chi connectivity index (χ1) is 8.28. The van der Waals surface area contributed by atoms with Crippen LogP contribution in [-0.2, 0) is 4.74 Å². The molecule has 2 aromatic rings. The Morgan fingerprint density at radius 1 is 1.17 bits per heavy atom. The number of carbonyl (C=O) groups is 1. The Kier molecular flexibility index (Phi) is 2.93. The minimum Gasteiger partial charge on any atom is -0.443 e. The van der Waals surface area contributed by atoms with Crippen molar-refractivity contribution in [3.8, 4) is 0 Å². The number of rotatable bonds is 0. The quantitative estimate of drug-likeness (QED) is 0.701. The van der Waals surface area contributed by atoms with Gasteiger partial charge < -0.3 is 4.74 Å². The lowest BCUT2D eigenvalue weighted by atomic mass is 10.2. The summed E-state index contributed by atoms with van der Waals surface area (Å²) in [5.41, 5.74) is 2.49. The zero-order valence-electron chi connectivity index (χ0n) is 11.6. The second kappa shape index (κ2) is 4.16. The molecule has 0 amide bonds. The van der Waals surface area contributed by atoms with E-state index < -0.39 is 5.60 Å². The van der Waals surface area contributed by atoms with Crippen molar-refractivity contribution < 1.29 is 9.53 Å². The van der Waals surface area contributed by atoms with Crippen LogP contribution >= 0.6 is 0 Å². The molecule has 18 heavy (non-hydrogen) atoms. The Hall–Kier alpha value is -1.77. The maximum Gasteiger partial charge on any atom is 0.419 e. The Bertz CT molecular complexity index is 603. The van der Waals surface area contributed by atoms with Crippen molar-refractivity contribution in [2.45, 2.75) is 40.2 Å². The molecule has 2 rings (SSSR count). The SMILES string of the molecule is Cc1ccc2c(c1)cc(C)n2C(=O)OC(C)(C)C. The van der Waals surface area contributed by atoms with Gasteiger partial charge in [-0.05, 0) is 52.8 Å². The highest BCUT2D eigenvalue weighted by atomic mass is 16.6. The maximum atomic E-state index is 12.2. The first-order valence-electron chi connectivity index (χ1n) is 6.10. The fourth-order valence-electron chi connectivity index (χ4n) is 2.02. The van der Waals surface area contributed by atoms with Crippen molar-refractivity contribution in [1.82, 2.24) is 4.57 Å². The average Bonchev–Trinajstić information content (AvgIpc) is 2.50. The molecule has 1 aromatic carbocycles. The number of aromatic nitrogens is 1. The maximum absolute atomic E-state index is 12.2. The number of benzene rings is 1. The highest BCUT2D eigenvalue weighted by Crippen LogP contribution is 2.22. The van der Waals surface area contributed by atoms with Gasteiger partial charge in [-0.3, -0.25) is 0 Å². The Balaban J connectivity index is 2.51. The molecule has 0 fully saturated rings. The summed E-state index contributed by atoms with van der Waals surface area (Å²) in [7, 11) is 0. The summed E-state index contributed by atoms with van der Waals surface area (Å²) in [5, 5.41) is 1.07. The standard InChI is InChI=1S/C15H19NO2/c1-10-6-7-13-12(8-10)9-11(2)16(13)14(17)18-15(3,4)5/h6-9H,1-5H3. The zero-order chi connectivity index (χ0) is 13.5. The highest BCUT2D eigenvalue weighted by Gasteiger charge is 2.20. The molecule has 0 N–H and O–H groups in total. The fourth-order valence-corrected chi connectivity index (χ4v) is 2.02. The molecule has 0 atom stereocenters. The monoisotopic (exact) mass is 245 g/mol. The van der Waals surface area contributed by atoms with E-state index in [0.717, 1.165) is 16.6 Å². The van der Waals surface area contributed by atoms with E-state index in [9.17, 15) is 4.79 Å². The summed E-state index contributed by atoms with van der Waals surface area (Å²) in [6.07, 6.45) is -0.321. The van der Waals surface area contributed by atoms with Crippen LogP contribution in [0.2, 0.25) is 0 Å². The van der Waals surface area contributed by atoms with Gasteiger partial charge in [-0.1, -0.05) is 11.6 Å². The zero-order valence-corrected chi connectivity index (χ0v) is 11.6. The van der Waals surface area contributed by atoms with Crippen LogP contribution in [0.15, 0.2) is 24.3 Å². The van der Waals surface area contributed by atoms with Gasteiger partial charge in [0.2, 0.25) is 0 Å². The van der Waals surface area contributed by atoms with E-state index in [1.807, 2.05) is 52.8 Å². The summed E-state index contributed by atoms with van der Waals surface area (Å²) < 4.78 is 7.05. The normalized spacial score (nSPS) is 11.8. The molecule has 1 aromatic heterocycles. The van der Waals surface area contributed by atoms with Crippen molar-refractivity contribution in [2.75, 3.05) is 0 Å². The number of ether oxygens (including phenoxy) is 1. The van der Waals surface area contributed by atoms with E-state index in [1.54, 1.807) is 4.57 Å². The van der Waals surface area contributed by atoms with Crippen LogP contribution in [0.25, 0.3) is 10.9 Å². The van der Waals surface area contributed by atoms with Gasteiger partial charge in [0.05, 0.1) is 5.52 Å². The largest absolute Gasteiger partial charge is 0.443 e. The molecule has 1 heterocycles. The molecule has 0 bridgehead atoms. The second-order valence-corrected chi connectivity index (χ2v) is 5.66. The van der Waals surface area contributed by atoms with Gasteiger partial charge in [-0.15, -0.1) is 0 Å². The van der Waals surface area contributed by atoms with Gasteiger partial charge in [0, 0.05) is 11.1 Å². The van der Waals surface area contributed by atoms with Gasteiger partial charge in [0.25, 0.3) is 0 Å². The van der Waals surface area contributed by atoms with Crippen LogP contribution in [0.4, 0.5) is 4.79 Å². The molecule has 0 aliphatic carbocycles. The summed E-state index contributed by atoms with van der Waals surface area (Å²) in [6, 6.07) is 8.04. The van der Waals surface area contributed by atoms with E-state index in [0.29, 0.717) is 0 Å². The van der Waals surface area contributed by atoms with E-state index in [2.05, 4.69) is 6.07 Å². The lowest BCUT2D eigenvalue weighted by Crippen LogP contribution is -2.27. The molecule has 3 heteroatoms. The number of aryl methyl sites for hydroxylation is 2. The average molecular weight is 245 g/mol. The van der Waals surface area contributed by atoms with E-state index in [4.69, 9.17) is 4.74 Å². The molecule has 96 valence electrons. The lowest BCUT2D eigenvalue weighted by molar-refractivity contribution is 0.0542. The molecule has 0 unspecified atom stereocenters. The summed E-state index contributed by atoms with van der Waals surface area (Å²) in [6.45, 7) is 9.57. The van der Waals surface area contributed by atoms with Crippen LogP contribution in [0, 0.1) is 13.8 Å². The highest BCUT2D eigenvalue weighted by molar-refractivity contribution is 5.91. The topological polar surface area (TPSA) is 31.2 Å². The van der Waals surface area contributed by atoms with Crippen LogP contribution < -0.4 is 0 Å². The molecule has 0 saturated carbocycles. The van der Waals surface area contributed by atoms with Crippen LogP contribution in [0.3, 0.4) is 0 Å². The second-order valence-electron chi connectivity index (χ2n) is 5.66. The van der Waals surface area contributed by atoms with E-state index in [-0.39, 0.29) is 6.09 Å². The molecule has 0 aliphatic heterocycles. The van der Waals surface area contributed by atoms with Crippen LogP contribution in [-0.4, -0.2) is 16.3 Å². The van der Waals surface area contributed by atoms with Crippen LogP contribution in [0.1, 0.15) is 32.0 Å². The minimum atomic E-state index is -0.481. The van der Waals surface area contributed by atoms with Crippen molar-refractivity contribution in [3.63, 3.8) is 0 Å². The molecule has 3 nitrogen and oxygen atoms in total. The lowest BCUT2D eigenvalue weighted by Gasteiger charge is -2.20. The first kappa shape index (κ1) is 12.7. The summed E-state index contributed by atoms with van der Waals surface area (Å²) in [5.74, 6) is 0. The summed E-state index contributed by atoms with van der Waals surface area (Å²) >= 11 is 0. The molecular formula is C15H19NO2. The first-order valence-corrected chi connectivity index (χ1v) is 6.10. The molecular weight excluding hydrogens is 226 g/mol. The third-order valence-electron chi connectivity index (χ3n) is 2.72. The van der Waals surface area contributed by atoms with Crippen molar-refractivity contribution in [3.05, 3.63) is 35.5 Å². The van der Waals surface area contributed by atoms with Crippen LogP contribution in [0.5, 0.6) is 0 Å². The van der Waals surface area contributed by atoms with Gasteiger partial charge in [0.1, 0.15) is 5.60 Å². The smallest absolute Gasteiger partial charge is 0.419 e. The predicted molar refractivity (Wildman–Crippen MR) is 73.0 cm³/mol. The number of carbonyl (C=O) groups excluding carboxylic acids is 1. The predicted octanol–water partition coefficient (Wildman–Crippen LogP) is 4.04. The van der Waals surface area contributed by atoms with Gasteiger partial charge >= 0.3 is 6.09 Å². The summed E-state index contributed by atoms with van der Waals surface area (Å²) in [4.78, 5) is 12.2.